The quantitative estimate of drug-likeness (QED) is 0.134. The molecule has 6 heterocycles. The summed E-state index contributed by atoms with van der Waals surface area (Å²) < 4.78 is 60.9. The Balaban J connectivity index is 1.16. The van der Waals surface area contributed by atoms with E-state index in [1.807, 2.05) is 6.08 Å². The van der Waals surface area contributed by atoms with E-state index in [1.54, 1.807) is 94.5 Å². The average molecular weight is 841 g/mol. The summed E-state index contributed by atoms with van der Waals surface area (Å²) in [7, 11) is -7.43. The molecule has 0 spiro atoms. The maximum Gasteiger partial charge on any atom is 0.271 e. The Morgan fingerprint density at radius 2 is 1.16 bits per heavy atom. The first-order valence-corrected chi connectivity index (χ1v) is 22.6. The number of hydrogen-bond acceptors (Lipinski definition) is 11. The number of rotatable bonds is 9. The highest BCUT2D eigenvalue weighted by atomic mass is 32.3. The number of anilines is 2. The highest BCUT2D eigenvalue weighted by Gasteiger charge is 2.29. The first-order chi connectivity index (χ1) is 26.8. The van der Waals surface area contributed by atoms with Crippen molar-refractivity contribution in [3.05, 3.63) is 105 Å². The average Bonchev–Trinajstić information content (AvgIpc) is 3.97. The molecule has 3 N–H and O–H groups in total. The van der Waals surface area contributed by atoms with Crippen LogP contribution in [0, 0.1) is 13.8 Å². The summed E-state index contributed by atoms with van der Waals surface area (Å²) in [5, 5.41) is 23.7. The molecular weight excluding hydrogens is 801 g/mol. The molecule has 14 nitrogen and oxygen atoms in total. The number of nitrogens with one attached hydrogen (secondary N) is 3. The number of H-pyrrole nitrogens is 1. The van der Waals surface area contributed by atoms with Crippen molar-refractivity contribution in [3.8, 4) is 22.8 Å². The van der Waals surface area contributed by atoms with Gasteiger partial charge in [-0.15, -0.1) is 42.1 Å². The van der Waals surface area contributed by atoms with E-state index in [0.717, 1.165) is 27.7 Å². The molecule has 8 aromatic rings. The van der Waals surface area contributed by atoms with Gasteiger partial charge in [-0.25, -0.2) is 21.8 Å². The van der Waals surface area contributed by atoms with Crippen LogP contribution in [-0.4, -0.2) is 56.5 Å². The second kappa shape index (κ2) is 13.6. The van der Waals surface area contributed by atoms with Crippen molar-refractivity contribution in [3.63, 3.8) is 0 Å². The van der Waals surface area contributed by atoms with Gasteiger partial charge >= 0.3 is 0 Å². The van der Waals surface area contributed by atoms with Gasteiger partial charge in [0.1, 0.15) is 8.42 Å². The molecule has 294 valence electrons. The van der Waals surface area contributed by atoms with Crippen LogP contribution in [0.5, 0.6) is 0 Å². The lowest BCUT2D eigenvalue weighted by atomic mass is 9.88. The predicted molar refractivity (Wildman–Crippen MR) is 225 cm³/mol. The third-order valence-electron chi connectivity index (χ3n) is 9.25. The van der Waals surface area contributed by atoms with Crippen LogP contribution >= 0.6 is 22.7 Å². The standard InChI is InChI=1S/C39H40N10O4S4/c1-22-17-19-54-36(22)56(50,51)46-26-13-9-24(10-14-26)32-40-34-28(30(38(3,4)5)42-48(34)44-32)21-29-31(39(6,7)8)43-49-35(29)41-33(45-49)25-11-15-27(16-12-25)47-57(52,53)37-23(2)18-20-55-37/h9-21,46-47H,1-8H3,(H,40,44)/b29-21-. The van der Waals surface area contributed by atoms with Crippen LogP contribution < -0.4 is 14.7 Å². The van der Waals surface area contributed by atoms with Crippen LogP contribution in [0.15, 0.2) is 79.8 Å². The van der Waals surface area contributed by atoms with E-state index in [9.17, 15) is 16.8 Å². The Hall–Kier alpha value is -5.43. The van der Waals surface area contributed by atoms with E-state index in [1.165, 1.54) is 22.7 Å². The van der Waals surface area contributed by atoms with Crippen LogP contribution in [-0.2, 0) is 30.9 Å². The summed E-state index contributed by atoms with van der Waals surface area (Å²) >= 11 is 2.36. The monoisotopic (exact) mass is 840 g/mol. The fraction of sp³-hybridized carbons (Fsp3) is 0.256. The minimum Gasteiger partial charge on any atom is -0.321 e. The Labute approximate surface area is 337 Å². The normalized spacial score (nSPS) is 13.3. The van der Waals surface area contributed by atoms with Gasteiger partial charge in [0.15, 0.2) is 22.9 Å². The number of benzene rings is 2. The van der Waals surface area contributed by atoms with Gasteiger partial charge in [-0.3, -0.25) is 9.44 Å². The number of aryl methyl sites for hydroxylation is 2. The van der Waals surface area contributed by atoms with Crippen molar-refractivity contribution in [1.82, 2.24) is 39.6 Å². The molecule has 8 rings (SSSR count). The van der Waals surface area contributed by atoms with E-state index in [0.29, 0.717) is 51.0 Å². The molecule has 0 saturated heterocycles. The molecule has 57 heavy (non-hydrogen) atoms. The number of aromatic nitrogens is 8. The Kier molecular flexibility index (Phi) is 9.18. The lowest BCUT2D eigenvalue weighted by Gasteiger charge is -2.17. The van der Waals surface area contributed by atoms with Gasteiger partial charge < -0.3 is 4.98 Å². The van der Waals surface area contributed by atoms with Crippen LogP contribution in [0.3, 0.4) is 0 Å². The second-order valence-electron chi connectivity index (χ2n) is 15.9. The first-order valence-electron chi connectivity index (χ1n) is 17.9. The molecule has 0 aliphatic carbocycles. The van der Waals surface area contributed by atoms with E-state index in [2.05, 4.69) is 56.0 Å². The lowest BCUT2D eigenvalue weighted by molar-refractivity contribution is 0.553. The van der Waals surface area contributed by atoms with Gasteiger partial charge in [0.25, 0.3) is 20.0 Å². The van der Waals surface area contributed by atoms with Crippen molar-refractivity contribution in [2.75, 3.05) is 9.44 Å². The van der Waals surface area contributed by atoms with Crippen molar-refractivity contribution in [2.24, 2.45) is 0 Å². The van der Waals surface area contributed by atoms with E-state index in [4.69, 9.17) is 25.4 Å². The summed E-state index contributed by atoms with van der Waals surface area (Å²) in [6.07, 6.45) is 2.04. The minimum absolute atomic E-state index is 0.282. The van der Waals surface area contributed by atoms with E-state index in [-0.39, 0.29) is 19.2 Å². The van der Waals surface area contributed by atoms with E-state index >= 15 is 0 Å². The van der Waals surface area contributed by atoms with Crippen molar-refractivity contribution in [1.29, 1.82) is 0 Å². The van der Waals surface area contributed by atoms with Crippen molar-refractivity contribution < 1.29 is 16.8 Å². The molecular formula is C39H40N10O4S4. The van der Waals surface area contributed by atoms with Crippen molar-refractivity contribution >= 4 is 71.5 Å². The van der Waals surface area contributed by atoms with Gasteiger partial charge in [0.05, 0.1) is 11.4 Å². The molecule has 0 saturated carbocycles. The molecule has 0 atom stereocenters. The van der Waals surface area contributed by atoms with Gasteiger partial charge in [-0.2, -0.15) is 10.2 Å². The molecule has 0 aliphatic rings. The molecule has 0 bridgehead atoms. The lowest BCUT2D eigenvalue weighted by Crippen LogP contribution is -2.22. The molecule has 2 aromatic carbocycles. The third kappa shape index (κ3) is 7.22. The second-order valence-corrected chi connectivity index (χ2v) is 21.5. The highest BCUT2D eigenvalue weighted by Crippen LogP contribution is 2.32. The number of thiophene rings is 2. The number of fused-ring (bicyclic) bond motifs is 2. The fourth-order valence-electron chi connectivity index (χ4n) is 6.47. The smallest absolute Gasteiger partial charge is 0.271 e. The summed E-state index contributed by atoms with van der Waals surface area (Å²) in [6, 6.07) is 17.5. The third-order valence-corrected chi connectivity index (χ3v) is 15.4. The predicted octanol–water partition coefficient (Wildman–Crippen LogP) is 7.31. The Bertz CT molecular complexity index is 3090. The zero-order chi connectivity index (χ0) is 40.7. The summed E-state index contributed by atoms with van der Waals surface area (Å²) in [6.45, 7) is 16.1. The molecule has 6 aromatic heterocycles. The Morgan fingerprint density at radius 3 is 1.65 bits per heavy atom. The summed E-state index contributed by atoms with van der Waals surface area (Å²) in [5.41, 5.74) is 6.63. The molecule has 18 heteroatoms. The van der Waals surface area contributed by atoms with Gasteiger partial charge in [-0.1, -0.05) is 41.5 Å². The zero-order valence-corrected chi connectivity index (χ0v) is 35.7. The summed E-state index contributed by atoms with van der Waals surface area (Å²) in [5.74, 6) is 0.992. The zero-order valence-electron chi connectivity index (χ0n) is 32.4. The largest absolute Gasteiger partial charge is 0.321 e. The Morgan fingerprint density at radius 1 is 0.649 bits per heavy atom. The van der Waals surface area contributed by atoms with Gasteiger partial charge in [0.2, 0.25) is 0 Å². The first kappa shape index (κ1) is 38.4. The van der Waals surface area contributed by atoms with Gasteiger partial charge in [-0.05, 0) is 102 Å². The van der Waals surface area contributed by atoms with Crippen LogP contribution in [0.2, 0.25) is 0 Å². The molecule has 0 aliphatic heterocycles. The molecule has 0 fully saturated rings. The maximum absolute atomic E-state index is 13.0. The molecule has 0 amide bonds. The fourth-order valence-corrected chi connectivity index (χ4v) is 11.4. The number of aromatic amines is 1. The highest BCUT2D eigenvalue weighted by molar-refractivity contribution is 7.95. The number of sulfonamides is 2. The number of nitrogens with zero attached hydrogens (tertiary/aromatic N) is 7. The van der Waals surface area contributed by atoms with Crippen LogP contribution in [0.1, 0.15) is 69.6 Å². The maximum atomic E-state index is 13.0. The SMILES string of the molecule is Cc1ccsc1S(=O)(=O)Nc1ccc(-c2nc3/c(=C\c4c(C(C)(C)C)nn5nc(-c6ccc(NS(=O)(=O)c7sccc7C)cc6)[nH]c45)c(C(C)(C)C)nn3n2)cc1. The van der Waals surface area contributed by atoms with Crippen molar-refractivity contribution in [2.45, 2.75) is 74.6 Å². The summed E-state index contributed by atoms with van der Waals surface area (Å²) in [4.78, 5) is 8.42. The van der Waals surface area contributed by atoms with E-state index < -0.39 is 20.0 Å². The van der Waals surface area contributed by atoms with Gasteiger partial charge in [0, 0.05) is 44.1 Å². The molecule has 0 radical (unpaired) electrons. The minimum atomic E-state index is -3.72. The number of hydrogen-bond donors (Lipinski definition) is 3. The molecule has 0 unspecified atom stereocenters. The van der Waals surface area contributed by atoms with Crippen LogP contribution in [0.25, 0.3) is 40.1 Å². The van der Waals surface area contributed by atoms with Crippen LogP contribution in [0.4, 0.5) is 11.4 Å². The topological polar surface area (TPSA) is 181 Å².